The molecule has 1 spiro atoms. The summed E-state index contributed by atoms with van der Waals surface area (Å²) in [7, 11) is 0. The van der Waals surface area contributed by atoms with Gasteiger partial charge in [-0.1, -0.05) is 11.8 Å². The van der Waals surface area contributed by atoms with E-state index in [0.29, 0.717) is 6.04 Å². The van der Waals surface area contributed by atoms with Crippen molar-refractivity contribution in [1.29, 1.82) is 0 Å². The Morgan fingerprint density at radius 1 is 1.53 bits per heavy atom. The van der Waals surface area contributed by atoms with Crippen LogP contribution in [0.25, 0.3) is 0 Å². The van der Waals surface area contributed by atoms with Gasteiger partial charge in [-0.25, -0.2) is 4.99 Å². The van der Waals surface area contributed by atoms with E-state index in [-0.39, 0.29) is 17.5 Å². The van der Waals surface area contributed by atoms with Crippen LogP contribution in [0.2, 0.25) is 0 Å². The van der Waals surface area contributed by atoms with Crippen LogP contribution < -0.4 is 10.6 Å². The van der Waals surface area contributed by atoms with Gasteiger partial charge in [0.15, 0.2) is 5.17 Å². The fourth-order valence-corrected chi connectivity index (χ4v) is 3.69. The third-order valence-electron chi connectivity index (χ3n) is 3.92. The highest BCUT2D eigenvalue weighted by Crippen LogP contribution is 2.32. The van der Waals surface area contributed by atoms with Gasteiger partial charge in [0.05, 0.1) is 5.54 Å². The fourth-order valence-electron chi connectivity index (χ4n) is 2.39. The first-order valence-corrected chi connectivity index (χ1v) is 8.02. The minimum absolute atomic E-state index is 0.0466. The van der Waals surface area contributed by atoms with Gasteiger partial charge in [0.25, 0.3) is 0 Å². The Balaban J connectivity index is 1.56. The molecule has 0 aromatic carbocycles. The maximum Gasteiger partial charge on any atom is 0.244 e. The van der Waals surface area contributed by atoms with Crippen molar-refractivity contribution in [3.8, 4) is 0 Å². The SMILES string of the molecule is CC(N=C1NC2(CCOCC2)CS1)C(=O)NC1CC1. The molecule has 0 aromatic rings. The van der Waals surface area contributed by atoms with Gasteiger partial charge in [0.1, 0.15) is 6.04 Å². The largest absolute Gasteiger partial charge is 0.381 e. The van der Waals surface area contributed by atoms with Crippen LogP contribution in [0.4, 0.5) is 0 Å². The van der Waals surface area contributed by atoms with E-state index >= 15 is 0 Å². The lowest BCUT2D eigenvalue weighted by Gasteiger charge is -2.32. The average Bonchev–Trinajstić information content (AvgIpc) is 3.14. The van der Waals surface area contributed by atoms with Gasteiger partial charge < -0.3 is 15.4 Å². The maximum absolute atomic E-state index is 11.9. The van der Waals surface area contributed by atoms with Crippen molar-refractivity contribution in [3.05, 3.63) is 0 Å². The molecule has 2 aliphatic heterocycles. The van der Waals surface area contributed by atoms with Crippen molar-refractivity contribution in [2.45, 2.75) is 50.2 Å². The Labute approximate surface area is 117 Å². The van der Waals surface area contributed by atoms with Gasteiger partial charge in [0.2, 0.25) is 5.91 Å². The average molecular weight is 283 g/mol. The summed E-state index contributed by atoms with van der Waals surface area (Å²) in [6.45, 7) is 3.50. The summed E-state index contributed by atoms with van der Waals surface area (Å²) >= 11 is 1.73. The van der Waals surface area contributed by atoms with Crippen LogP contribution in [-0.4, -0.2) is 47.7 Å². The molecule has 3 rings (SSSR count). The highest BCUT2D eigenvalue weighted by molar-refractivity contribution is 8.14. The minimum Gasteiger partial charge on any atom is -0.381 e. The van der Waals surface area contributed by atoms with Gasteiger partial charge >= 0.3 is 0 Å². The lowest BCUT2D eigenvalue weighted by Crippen LogP contribution is -2.48. The number of rotatable bonds is 3. The third kappa shape index (κ3) is 3.23. The van der Waals surface area contributed by atoms with Crippen molar-refractivity contribution >= 4 is 22.8 Å². The maximum atomic E-state index is 11.9. The van der Waals surface area contributed by atoms with Crippen LogP contribution in [0.15, 0.2) is 4.99 Å². The molecule has 0 aromatic heterocycles. The van der Waals surface area contributed by atoms with Crippen LogP contribution in [0.3, 0.4) is 0 Å². The summed E-state index contributed by atoms with van der Waals surface area (Å²) in [6, 6.07) is 0.103. The number of nitrogens with one attached hydrogen (secondary N) is 2. The Hall–Kier alpha value is -0.750. The quantitative estimate of drug-likeness (QED) is 0.807. The van der Waals surface area contributed by atoms with Crippen molar-refractivity contribution in [1.82, 2.24) is 10.6 Å². The molecule has 1 amide bonds. The van der Waals surface area contributed by atoms with Crippen molar-refractivity contribution in [3.63, 3.8) is 0 Å². The van der Waals surface area contributed by atoms with Crippen LogP contribution in [0, 0.1) is 0 Å². The van der Waals surface area contributed by atoms with Crippen LogP contribution in [0.1, 0.15) is 32.6 Å². The zero-order chi connectivity index (χ0) is 13.3. The van der Waals surface area contributed by atoms with Crippen LogP contribution in [0.5, 0.6) is 0 Å². The van der Waals surface area contributed by atoms with E-state index in [1.54, 1.807) is 11.8 Å². The Bertz CT molecular complexity index is 389. The molecule has 3 fully saturated rings. The zero-order valence-electron chi connectivity index (χ0n) is 11.3. The Morgan fingerprint density at radius 3 is 2.95 bits per heavy atom. The molecule has 6 heteroatoms. The second kappa shape index (κ2) is 5.32. The Morgan fingerprint density at radius 2 is 2.26 bits per heavy atom. The van der Waals surface area contributed by atoms with E-state index in [4.69, 9.17) is 4.74 Å². The summed E-state index contributed by atoms with van der Waals surface area (Å²) < 4.78 is 5.41. The Kier molecular flexibility index (Phi) is 3.71. The topological polar surface area (TPSA) is 62.7 Å². The fraction of sp³-hybridized carbons (Fsp3) is 0.846. The first kappa shape index (κ1) is 13.2. The number of hydrogen-bond acceptors (Lipinski definition) is 4. The third-order valence-corrected chi connectivity index (χ3v) is 5.10. The molecule has 1 unspecified atom stereocenters. The van der Waals surface area contributed by atoms with Gasteiger partial charge in [0, 0.05) is 25.0 Å². The van der Waals surface area contributed by atoms with E-state index in [2.05, 4.69) is 15.6 Å². The minimum atomic E-state index is -0.300. The smallest absolute Gasteiger partial charge is 0.244 e. The lowest BCUT2D eigenvalue weighted by atomic mass is 9.93. The molecule has 2 N–H and O–H groups in total. The lowest BCUT2D eigenvalue weighted by molar-refractivity contribution is -0.122. The molecule has 3 aliphatic rings. The molecule has 0 bridgehead atoms. The summed E-state index contributed by atoms with van der Waals surface area (Å²) in [5, 5.41) is 7.43. The highest BCUT2D eigenvalue weighted by atomic mass is 32.2. The second-order valence-corrected chi connectivity index (χ2v) is 6.66. The molecule has 2 heterocycles. The van der Waals surface area contributed by atoms with Crippen LogP contribution in [-0.2, 0) is 9.53 Å². The van der Waals surface area contributed by atoms with E-state index in [1.165, 1.54) is 0 Å². The van der Waals surface area contributed by atoms with E-state index in [0.717, 1.165) is 49.8 Å². The molecule has 5 nitrogen and oxygen atoms in total. The van der Waals surface area contributed by atoms with Gasteiger partial charge in [-0.15, -0.1) is 0 Å². The van der Waals surface area contributed by atoms with Crippen molar-refractivity contribution in [2.24, 2.45) is 4.99 Å². The number of carbonyl (C=O) groups excluding carboxylic acids is 1. The monoisotopic (exact) mass is 283 g/mol. The molecule has 19 heavy (non-hydrogen) atoms. The molecule has 0 radical (unpaired) electrons. The number of carbonyl (C=O) groups is 1. The molecule has 1 saturated carbocycles. The molecular formula is C13H21N3O2S. The molecular weight excluding hydrogens is 262 g/mol. The molecule has 1 atom stereocenters. The second-order valence-electron chi connectivity index (χ2n) is 5.70. The highest BCUT2D eigenvalue weighted by Gasteiger charge is 2.39. The molecule has 2 saturated heterocycles. The summed E-state index contributed by atoms with van der Waals surface area (Å²) in [5.41, 5.74) is 0.147. The number of aliphatic imine (C=N–C) groups is 1. The number of amides is 1. The van der Waals surface area contributed by atoms with Gasteiger partial charge in [-0.3, -0.25) is 4.79 Å². The normalized spacial score (nSPS) is 29.2. The number of nitrogens with zero attached hydrogens (tertiary/aromatic N) is 1. The zero-order valence-corrected chi connectivity index (χ0v) is 12.1. The summed E-state index contributed by atoms with van der Waals surface area (Å²) in [4.78, 5) is 16.4. The standard InChI is InChI=1S/C13H21N3O2S/c1-9(11(17)15-10-2-3-10)14-12-16-13(8-19-12)4-6-18-7-5-13/h9-10H,2-8H2,1H3,(H,14,16)(H,15,17). The van der Waals surface area contributed by atoms with Crippen molar-refractivity contribution in [2.75, 3.05) is 19.0 Å². The number of hydrogen-bond donors (Lipinski definition) is 2. The summed E-state index contributed by atoms with van der Waals surface area (Å²) in [6.07, 6.45) is 4.29. The molecule has 1 aliphatic carbocycles. The first-order chi connectivity index (χ1) is 9.17. The predicted octanol–water partition coefficient (Wildman–Crippen LogP) is 0.895. The molecule has 106 valence electrons. The number of amidine groups is 1. The van der Waals surface area contributed by atoms with Crippen molar-refractivity contribution < 1.29 is 9.53 Å². The predicted molar refractivity (Wildman–Crippen MR) is 76.4 cm³/mol. The first-order valence-electron chi connectivity index (χ1n) is 7.04. The summed E-state index contributed by atoms with van der Waals surface area (Å²) in [5.74, 6) is 1.08. The number of thioether (sulfide) groups is 1. The van der Waals surface area contributed by atoms with E-state index in [1.807, 2.05) is 6.92 Å². The van der Waals surface area contributed by atoms with E-state index < -0.39 is 0 Å². The van der Waals surface area contributed by atoms with Gasteiger partial charge in [-0.2, -0.15) is 0 Å². The van der Waals surface area contributed by atoms with Crippen LogP contribution >= 0.6 is 11.8 Å². The number of ether oxygens (including phenoxy) is 1. The van der Waals surface area contributed by atoms with E-state index in [9.17, 15) is 4.79 Å². The van der Waals surface area contributed by atoms with Gasteiger partial charge in [-0.05, 0) is 32.6 Å².